The summed E-state index contributed by atoms with van der Waals surface area (Å²) < 4.78 is 29.7. The molecule has 8 heteroatoms. The summed E-state index contributed by atoms with van der Waals surface area (Å²) in [6.07, 6.45) is 0.557. The topological polar surface area (TPSA) is 60.4 Å². The fourth-order valence-corrected chi connectivity index (χ4v) is 4.14. The smallest absolute Gasteiger partial charge is 0.281 e. The van der Waals surface area contributed by atoms with Crippen LogP contribution in [0.1, 0.15) is 22.9 Å². The van der Waals surface area contributed by atoms with Crippen molar-refractivity contribution in [3.63, 3.8) is 0 Å². The second-order valence-corrected chi connectivity index (χ2v) is 7.79. The highest BCUT2D eigenvalue weighted by Gasteiger charge is 2.34. The first-order chi connectivity index (χ1) is 15.1. The molecule has 1 atom stereocenters. The average Bonchev–Trinajstić information content (AvgIpc) is 3.47. The van der Waals surface area contributed by atoms with Crippen molar-refractivity contribution < 1.29 is 23.4 Å². The van der Waals surface area contributed by atoms with Gasteiger partial charge in [0.15, 0.2) is 18.1 Å². The van der Waals surface area contributed by atoms with Gasteiger partial charge in [-0.1, -0.05) is 18.2 Å². The number of thiophene rings is 1. The number of hydrazone groups is 1. The summed E-state index contributed by atoms with van der Waals surface area (Å²) in [5.74, 6) is 0.726. The Bertz CT molecular complexity index is 1100. The van der Waals surface area contributed by atoms with Crippen molar-refractivity contribution in [2.45, 2.75) is 12.5 Å². The summed E-state index contributed by atoms with van der Waals surface area (Å²) in [7, 11) is 3.14. The molecule has 160 valence electrons. The monoisotopic (exact) mass is 440 g/mol. The van der Waals surface area contributed by atoms with Crippen molar-refractivity contribution in [1.29, 1.82) is 0 Å². The quantitative estimate of drug-likeness (QED) is 0.536. The van der Waals surface area contributed by atoms with Crippen molar-refractivity contribution in [1.82, 2.24) is 5.01 Å². The van der Waals surface area contributed by atoms with Crippen molar-refractivity contribution in [3.05, 3.63) is 76.2 Å². The maximum Gasteiger partial charge on any atom is 0.281 e. The Morgan fingerprint density at radius 3 is 2.68 bits per heavy atom. The summed E-state index contributed by atoms with van der Waals surface area (Å²) >= 11 is 1.57. The van der Waals surface area contributed by atoms with Gasteiger partial charge >= 0.3 is 0 Å². The Kier molecular flexibility index (Phi) is 6.18. The number of hydrogen-bond acceptors (Lipinski definition) is 6. The molecule has 1 amide bonds. The van der Waals surface area contributed by atoms with Crippen LogP contribution >= 0.6 is 11.3 Å². The van der Waals surface area contributed by atoms with Gasteiger partial charge in [0, 0.05) is 12.5 Å². The molecule has 1 unspecified atom stereocenters. The SMILES string of the molecule is COc1ccc(C2CC(c3cccs3)=NN2C(=O)COc2cccc(F)c2)cc1OC. The fourth-order valence-electron chi connectivity index (χ4n) is 3.42. The molecule has 6 nitrogen and oxygen atoms in total. The van der Waals surface area contributed by atoms with Crippen LogP contribution in [0.5, 0.6) is 17.2 Å². The van der Waals surface area contributed by atoms with Gasteiger partial charge in [0.05, 0.1) is 30.9 Å². The van der Waals surface area contributed by atoms with Gasteiger partial charge in [-0.05, 0) is 41.3 Å². The molecule has 31 heavy (non-hydrogen) atoms. The third-order valence-corrected chi connectivity index (χ3v) is 5.84. The predicted molar refractivity (Wildman–Crippen MR) is 117 cm³/mol. The minimum atomic E-state index is -0.424. The molecule has 0 bridgehead atoms. The van der Waals surface area contributed by atoms with E-state index in [1.165, 1.54) is 23.2 Å². The molecule has 0 saturated carbocycles. The summed E-state index contributed by atoms with van der Waals surface area (Å²) in [6.45, 7) is -0.255. The van der Waals surface area contributed by atoms with Gasteiger partial charge < -0.3 is 14.2 Å². The van der Waals surface area contributed by atoms with Crippen LogP contribution in [-0.4, -0.2) is 37.5 Å². The van der Waals surface area contributed by atoms with E-state index in [1.807, 2.05) is 35.7 Å². The molecule has 4 rings (SSSR count). The molecule has 0 radical (unpaired) electrons. The first kappa shape index (κ1) is 20.9. The second kappa shape index (κ2) is 9.18. The molecule has 1 aliphatic rings. The molecule has 0 aliphatic carbocycles. The minimum absolute atomic E-state index is 0.255. The third kappa shape index (κ3) is 4.54. The highest BCUT2D eigenvalue weighted by molar-refractivity contribution is 7.12. The van der Waals surface area contributed by atoms with Crippen LogP contribution in [-0.2, 0) is 4.79 Å². The molecule has 0 saturated heterocycles. The lowest BCUT2D eigenvalue weighted by molar-refractivity contribution is -0.135. The number of carbonyl (C=O) groups is 1. The van der Waals surface area contributed by atoms with Gasteiger partial charge in [0.2, 0.25) is 0 Å². The Labute approximate surface area is 183 Å². The average molecular weight is 440 g/mol. The number of benzene rings is 2. The second-order valence-electron chi connectivity index (χ2n) is 6.84. The zero-order valence-electron chi connectivity index (χ0n) is 17.1. The van der Waals surface area contributed by atoms with E-state index in [4.69, 9.17) is 14.2 Å². The molecule has 1 aliphatic heterocycles. The Balaban J connectivity index is 1.60. The lowest BCUT2D eigenvalue weighted by Gasteiger charge is -2.23. The number of amides is 1. The summed E-state index contributed by atoms with van der Waals surface area (Å²) in [6, 6.07) is 14.9. The molecule has 0 fully saturated rings. The van der Waals surface area contributed by atoms with Gasteiger partial charge in [-0.15, -0.1) is 11.3 Å². The number of carbonyl (C=O) groups excluding carboxylic acids is 1. The number of halogens is 1. The number of hydrogen-bond donors (Lipinski definition) is 0. The van der Waals surface area contributed by atoms with E-state index in [2.05, 4.69) is 5.10 Å². The van der Waals surface area contributed by atoms with Crippen molar-refractivity contribution in [2.24, 2.45) is 5.10 Å². The van der Waals surface area contributed by atoms with E-state index >= 15 is 0 Å². The summed E-state index contributed by atoms with van der Waals surface area (Å²) in [5, 5.41) is 8.01. The number of nitrogens with zero attached hydrogens (tertiary/aromatic N) is 2. The van der Waals surface area contributed by atoms with Crippen LogP contribution in [0.2, 0.25) is 0 Å². The first-order valence-electron chi connectivity index (χ1n) is 9.62. The van der Waals surface area contributed by atoms with E-state index < -0.39 is 5.82 Å². The Hall–Kier alpha value is -3.39. The maximum atomic E-state index is 13.4. The predicted octanol–water partition coefficient (Wildman–Crippen LogP) is 4.66. The van der Waals surface area contributed by atoms with Crippen LogP contribution < -0.4 is 14.2 Å². The number of methoxy groups -OCH3 is 2. The summed E-state index contributed by atoms with van der Waals surface area (Å²) in [4.78, 5) is 14.0. The zero-order chi connectivity index (χ0) is 21.8. The van der Waals surface area contributed by atoms with Gasteiger partial charge in [-0.3, -0.25) is 4.79 Å². The van der Waals surface area contributed by atoms with E-state index in [9.17, 15) is 9.18 Å². The molecule has 1 aromatic heterocycles. The van der Waals surface area contributed by atoms with Crippen LogP contribution in [0.15, 0.2) is 65.1 Å². The van der Waals surface area contributed by atoms with E-state index in [0.717, 1.165) is 16.2 Å². The molecule has 3 aromatic rings. The van der Waals surface area contributed by atoms with E-state index in [0.29, 0.717) is 17.9 Å². The highest BCUT2D eigenvalue weighted by Crippen LogP contribution is 2.37. The van der Waals surface area contributed by atoms with Crippen molar-refractivity contribution >= 4 is 23.0 Å². The standard InChI is InChI=1S/C23H21FN2O4S/c1-28-20-9-8-15(11-21(20)29-2)19-13-18(22-7-4-10-31-22)25-26(19)23(27)14-30-17-6-3-5-16(24)12-17/h3-12,19H,13-14H2,1-2H3. The lowest BCUT2D eigenvalue weighted by atomic mass is 10.0. The Morgan fingerprint density at radius 1 is 1.13 bits per heavy atom. The van der Waals surface area contributed by atoms with Gasteiger partial charge in [0.25, 0.3) is 5.91 Å². The van der Waals surface area contributed by atoms with E-state index in [-0.39, 0.29) is 24.3 Å². The number of rotatable bonds is 7. The minimum Gasteiger partial charge on any atom is -0.493 e. The van der Waals surface area contributed by atoms with Crippen LogP contribution in [0.4, 0.5) is 4.39 Å². The molecule has 0 spiro atoms. The van der Waals surface area contributed by atoms with Crippen molar-refractivity contribution in [2.75, 3.05) is 20.8 Å². The normalized spacial score (nSPS) is 15.5. The van der Waals surface area contributed by atoms with Crippen molar-refractivity contribution in [3.8, 4) is 17.2 Å². The van der Waals surface area contributed by atoms with E-state index in [1.54, 1.807) is 31.6 Å². The largest absolute Gasteiger partial charge is 0.493 e. The molecule has 0 N–H and O–H groups in total. The van der Waals surface area contributed by atoms with Gasteiger partial charge in [-0.2, -0.15) is 5.10 Å². The fraction of sp³-hybridized carbons (Fsp3) is 0.217. The molecule has 2 aromatic carbocycles. The van der Waals surface area contributed by atoms with Crippen LogP contribution in [0.3, 0.4) is 0 Å². The Morgan fingerprint density at radius 2 is 1.97 bits per heavy atom. The summed E-state index contributed by atoms with van der Waals surface area (Å²) in [5.41, 5.74) is 1.70. The van der Waals surface area contributed by atoms with Gasteiger partial charge in [-0.25, -0.2) is 9.40 Å². The lowest BCUT2D eigenvalue weighted by Crippen LogP contribution is -2.31. The molecule has 2 heterocycles. The van der Waals surface area contributed by atoms with Gasteiger partial charge in [0.1, 0.15) is 11.6 Å². The highest BCUT2D eigenvalue weighted by atomic mass is 32.1. The first-order valence-corrected chi connectivity index (χ1v) is 10.5. The maximum absolute atomic E-state index is 13.4. The zero-order valence-corrected chi connectivity index (χ0v) is 17.9. The molecular formula is C23H21FN2O4S. The van der Waals surface area contributed by atoms with Crippen LogP contribution in [0.25, 0.3) is 0 Å². The third-order valence-electron chi connectivity index (χ3n) is 4.92. The molecular weight excluding hydrogens is 419 g/mol. The van der Waals surface area contributed by atoms with Crippen LogP contribution in [0, 0.1) is 5.82 Å². The number of ether oxygens (including phenoxy) is 3.